The van der Waals surface area contributed by atoms with Crippen molar-refractivity contribution in [2.45, 2.75) is 49.1 Å². The fourth-order valence-electron chi connectivity index (χ4n) is 2.69. The Morgan fingerprint density at radius 1 is 1.35 bits per heavy atom. The Kier molecular flexibility index (Phi) is 6.92. The molecule has 1 amide bonds. The van der Waals surface area contributed by atoms with E-state index in [0.717, 1.165) is 29.7 Å². The molecule has 1 aliphatic rings. The minimum atomic E-state index is -0.932. The largest absolute Gasteiger partial charge is 0.481 e. The molecule has 1 saturated heterocycles. The Bertz CT molecular complexity index is 526. The van der Waals surface area contributed by atoms with Gasteiger partial charge in [0.05, 0.1) is 25.0 Å². The lowest BCUT2D eigenvalue weighted by atomic mass is 10.0. The molecule has 0 aliphatic carbocycles. The first-order valence-electron chi connectivity index (χ1n) is 7.85. The molecule has 2 atom stereocenters. The summed E-state index contributed by atoms with van der Waals surface area (Å²) in [4.78, 5) is 24.4. The summed E-state index contributed by atoms with van der Waals surface area (Å²) in [7, 11) is 0. The normalized spacial score (nSPS) is 19.1. The van der Waals surface area contributed by atoms with E-state index < -0.39 is 12.0 Å². The number of carboxylic acid groups (broad SMARTS) is 1. The Labute approximate surface area is 140 Å². The Morgan fingerprint density at radius 3 is 2.65 bits per heavy atom. The SMILES string of the molecule is CSc1ccc(C(CC(=O)O)NC(=O)CC2CCCCO2)cc1. The number of ether oxygens (including phenoxy) is 1. The first kappa shape index (κ1) is 17.8. The van der Waals surface area contributed by atoms with E-state index in [1.807, 2.05) is 30.5 Å². The molecule has 1 fully saturated rings. The number of carboxylic acids is 1. The first-order chi connectivity index (χ1) is 11.1. The third-order valence-electron chi connectivity index (χ3n) is 3.92. The average Bonchev–Trinajstić information content (AvgIpc) is 2.55. The van der Waals surface area contributed by atoms with Crippen LogP contribution < -0.4 is 5.32 Å². The molecule has 2 unspecified atom stereocenters. The smallest absolute Gasteiger partial charge is 0.305 e. The van der Waals surface area contributed by atoms with Crippen molar-refractivity contribution in [1.82, 2.24) is 5.32 Å². The first-order valence-corrected chi connectivity index (χ1v) is 9.07. The van der Waals surface area contributed by atoms with E-state index in [2.05, 4.69) is 5.32 Å². The number of amides is 1. The Balaban J connectivity index is 1.99. The van der Waals surface area contributed by atoms with Crippen molar-refractivity contribution < 1.29 is 19.4 Å². The highest BCUT2D eigenvalue weighted by Crippen LogP contribution is 2.22. The van der Waals surface area contributed by atoms with Gasteiger partial charge in [0.1, 0.15) is 0 Å². The van der Waals surface area contributed by atoms with Crippen LogP contribution in [-0.2, 0) is 14.3 Å². The third kappa shape index (κ3) is 5.88. The molecule has 1 aromatic carbocycles. The van der Waals surface area contributed by atoms with Crippen LogP contribution in [0.3, 0.4) is 0 Å². The molecule has 1 aliphatic heterocycles. The zero-order valence-corrected chi connectivity index (χ0v) is 14.1. The number of rotatable bonds is 7. The van der Waals surface area contributed by atoms with Crippen LogP contribution in [0.5, 0.6) is 0 Å². The molecule has 2 rings (SSSR count). The second-order valence-corrected chi connectivity index (χ2v) is 6.56. The van der Waals surface area contributed by atoms with Gasteiger partial charge in [-0.25, -0.2) is 0 Å². The molecule has 0 radical (unpaired) electrons. The number of aliphatic carboxylic acids is 1. The number of hydrogen-bond acceptors (Lipinski definition) is 4. The van der Waals surface area contributed by atoms with Gasteiger partial charge in [-0.2, -0.15) is 0 Å². The van der Waals surface area contributed by atoms with Gasteiger partial charge in [-0.05, 0) is 43.2 Å². The standard InChI is InChI=1S/C17H23NO4S/c1-23-14-7-5-12(6-8-14)15(11-17(20)21)18-16(19)10-13-4-2-3-9-22-13/h5-8,13,15H,2-4,9-11H2,1H3,(H,18,19)(H,20,21). The summed E-state index contributed by atoms with van der Waals surface area (Å²) in [5, 5.41) is 11.9. The molecule has 2 N–H and O–H groups in total. The summed E-state index contributed by atoms with van der Waals surface area (Å²) in [5.74, 6) is -1.09. The van der Waals surface area contributed by atoms with Crippen LogP contribution in [0.4, 0.5) is 0 Å². The van der Waals surface area contributed by atoms with Crippen LogP contribution in [-0.4, -0.2) is 35.9 Å². The number of carbonyl (C=O) groups is 2. The van der Waals surface area contributed by atoms with Crippen LogP contribution in [0, 0.1) is 0 Å². The molecule has 5 nitrogen and oxygen atoms in total. The van der Waals surface area contributed by atoms with Crippen LogP contribution in [0.2, 0.25) is 0 Å². The van der Waals surface area contributed by atoms with Crippen LogP contribution in [0.1, 0.15) is 43.7 Å². The van der Waals surface area contributed by atoms with Crippen molar-refractivity contribution >= 4 is 23.6 Å². The highest BCUT2D eigenvalue weighted by atomic mass is 32.2. The maximum absolute atomic E-state index is 12.2. The van der Waals surface area contributed by atoms with E-state index in [-0.39, 0.29) is 18.4 Å². The predicted molar refractivity (Wildman–Crippen MR) is 89.6 cm³/mol. The van der Waals surface area contributed by atoms with Crippen LogP contribution >= 0.6 is 11.8 Å². The molecule has 23 heavy (non-hydrogen) atoms. The highest BCUT2D eigenvalue weighted by Gasteiger charge is 2.22. The van der Waals surface area contributed by atoms with Gasteiger partial charge >= 0.3 is 5.97 Å². The van der Waals surface area contributed by atoms with Gasteiger partial charge in [0.2, 0.25) is 5.91 Å². The van der Waals surface area contributed by atoms with Crippen molar-refractivity contribution in [3.63, 3.8) is 0 Å². The number of nitrogens with one attached hydrogen (secondary N) is 1. The zero-order valence-electron chi connectivity index (χ0n) is 13.3. The minimum Gasteiger partial charge on any atom is -0.481 e. The van der Waals surface area contributed by atoms with Crippen molar-refractivity contribution in [3.8, 4) is 0 Å². The van der Waals surface area contributed by atoms with Crippen LogP contribution in [0.25, 0.3) is 0 Å². The van der Waals surface area contributed by atoms with Crippen molar-refractivity contribution in [3.05, 3.63) is 29.8 Å². The van der Waals surface area contributed by atoms with Gasteiger partial charge < -0.3 is 15.2 Å². The lowest BCUT2D eigenvalue weighted by Crippen LogP contribution is -2.34. The molecule has 6 heteroatoms. The second kappa shape index (κ2) is 8.93. The number of thioether (sulfide) groups is 1. The average molecular weight is 337 g/mol. The summed E-state index contributed by atoms with van der Waals surface area (Å²) in [6.07, 6.45) is 5.10. The van der Waals surface area contributed by atoms with Gasteiger partial charge in [0.25, 0.3) is 0 Å². The molecule has 0 saturated carbocycles. The molecule has 1 aromatic rings. The van der Waals surface area contributed by atoms with Gasteiger partial charge in [-0.1, -0.05) is 12.1 Å². The molecule has 126 valence electrons. The lowest BCUT2D eigenvalue weighted by molar-refractivity contribution is -0.137. The molecular formula is C17H23NO4S. The number of carbonyl (C=O) groups excluding carboxylic acids is 1. The van der Waals surface area contributed by atoms with E-state index >= 15 is 0 Å². The molecule has 0 bridgehead atoms. The monoisotopic (exact) mass is 337 g/mol. The van der Waals surface area contributed by atoms with E-state index in [1.165, 1.54) is 0 Å². The number of hydrogen-bond donors (Lipinski definition) is 2. The van der Waals surface area contributed by atoms with Gasteiger partial charge in [0.15, 0.2) is 0 Å². The number of benzene rings is 1. The molecule has 0 aromatic heterocycles. The summed E-state index contributed by atoms with van der Waals surface area (Å²) in [6.45, 7) is 0.701. The Morgan fingerprint density at radius 2 is 2.09 bits per heavy atom. The van der Waals surface area contributed by atoms with Crippen molar-refractivity contribution in [1.29, 1.82) is 0 Å². The topological polar surface area (TPSA) is 75.6 Å². The van der Waals surface area contributed by atoms with Gasteiger partial charge in [0, 0.05) is 11.5 Å². The fourth-order valence-corrected chi connectivity index (χ4v) is 3.10. The third-order valence-corrected chi connectivity index (χ3v) is 4.66. The predicted octanol–water partition coefficient (Wildman–Crippen LogP) is 3.00. The van der Waals surface area contributed by atoms with Gasteiger partial charge in [-0.3, -0.25) is 9.59 Å². The maximum atomic E-state index is 12.2. The molecule has 1 heterocycles. The summed E-state index contributed by atoms with van der Waals surface area (Å²) in [6, 6.07) is 7.10. The summed E-state index contributed by atoms with van der Waals surface area (Å²) < 4.78 is 5.57. The van der Waals surface area contributed by atoms with Gasteiger partial charge in [-0.15, -0.1) is 11.8 Å². The maximum Gasteiger partial charge on any atom is 0.305 e. The fraction of sp³-hybridized carbons (Fsp3) is 0.529. The quantitative estimate of drug-likeness (QED) is 0.748. The highest BCUT2D eigenvalue weighted by molar-refractivity contribution is 7.98. The summed E-state index contributed by atoms with van der Waals surface area (Å²) in [5.41, 5.74) is 0.808. The molecule has 0 spiro atoms. The van der Waals surface area contributed by atoms with Crippen molar-refractivity contribution in [2.75, 3.05) is 12.9 Å². The van der Waals surface area contributed by atoms with Crippen molar-refractivity contribution in [2.24, 2.45) is 0 Å². The van der Waals surface area contributed by atoms with E-state index in [4.69, 9.17) is 9.84 Å². The molecular weight excluding hydrogens is 314 g/mol. The lowest BCUT2D eigenvalue weighted by Gasteiger charge is -2.24. The van der Waals surface area contributed by atoms with E-state index in [9.17, 15) is 9.59 Å². The minimum absolute atomic E-state index is 0.0481. The zero-order chi connectivity index (χ0) is 16.7. The second-order valence-electron chi connectivity index (χ2n) is 5.68. The Hall–Kier alpha value is -1.53. The van der Waals surface area contributed by atoms with E-state index in [1.54, 1.807) is 11.8 Å². The van der Waals surface area contributed by atoms with E-state index in [0.29, 0.717) is 13.0 Å². The van der Waals surface area contributed by atoms with Crippen LogP contribution in [0.15, 0.2) is 29.2 Å². The summed E-state index contributed by atoms with van der Waals surface area (Å²) >= 11 is 1.62.